The Balaban J connectivity index is 1.71. The molecule has 1 aliphatic rings. The topological polar surface area (TPSA) is 93.8 Å². The van der Waals surface area contributed by atoms with Crippen LogP contribution in [-0.4, -0.2) is 20.9 Å². The zero-order chi connectivity index (χ0) is 16.1. The number of aryl methyl sites for hydroxylation is 2. The number of carbonyl (C=O) groups excluding carboxylic acids is 1. The second kappa shape index (κ2) is 5.24. The molecule has 0 aliphatic heterocycles. The maximum Gasteiger partial charge on any atom is 0.267 e. The molecule has 4 rings (SSSR count). The van der Waals surface area contributed by atoms with E-state index in [1.807, 2.05) is 6.92 Å². The fourth-order valence-corrected chi connectivity index (χ4v) is 4.69. The molecule has 3 aromatic heterocycles. The third kappa shape index (κ3) is 2.47. The van der Waals surface area contributed by atoms with E-state index >= 15 is 0 Å². The number of thiazole rings is 1. The van der Waals surface area contributed by atoms with E-state index in [4.69, 9.17) is 5.73 Å². The van der Waals surface area contributed by atoms with Crippen molar-refractivity contribution >= 4 is 50.4 Å². The van der Waals surface area contributed by atoms with Crippen molar-refractivity contribution in [1.29, 1.82) is 0 Å². The molecule has 3 aromatic rings. The maximum atomic E-state index is 12.7. The molecule has 0 spiro atoms. The molecule has 118 valence electrons. The first-order valence-corrected chi connectivity index (χ1v) is 9.02. The Labute approximate surface area is 140 Å². The molecule has 6 nitrogen and oxygen atoms in total. The molecule has 0 aromatic carbocycles. The van der Waals surface area contributed by atoms with Crippen LogP contribution in [0.1, 0.15) is 44.7 Å². The van der Waals surface area contributed by atoms with Gasteiger partial charge in [0.15, 0.2) is 0 Å². The second-order valence-corrected chi connectivity index (χ2v) is 7.57. The van der Waals surface area contributed by atoms with Crippen molar-refractivity contribution in [1.82, 2.24) is 15.0 Å². The number of nitrogen functional groups attached to an aromatic ring is 1. The van der Waals surface area contributed by atoms with Crippen molar-refractivity contribution < 1.29 is 4.79 Å². The number of hydrogen-bond acceptors (Lipinski definition) is 7. The summed E-state index contributed by atoms with van der Waals surface area (Å²) in [5.74, 6) is 2.13. The molecular weight excluding hydrogens is 330 g/mol. The van der Waals surface area contributed by atoms with Crippen molar-refractivity contribution in [3.63, 3.8) is 0 Å². The van der Waals surface area contributed by atoms with Gasteiger partial charge in [-0.05, 0) is 38.2 Å². The highest BCUT2D eigenvalue weighted by Crippen LogP contribution is 2.45. The Morgan fingerprint density at radius 3 is 2.87 bits per heavy atom. The molecule has 1 fully saturated rings. The number of amides is 1. The third-order valence-electron chi connectivity index (χ3n) is 3.91. The molecule has 8 heteroatoms. The van der Waals surface area contributed by atoms with Crippen LogP contribution in [0.15, 0.2) is 5.51 Å². The van der Waals surface area contributed by atoms with Gasteiger partial charge in [-0.15, -0.1) is 22.7 Å². The molecule has 0 saturated heterocycles. The first-order valence-electron chi connectivity index (χ1n) is 7.32. The van der Waals surface area contributed by atoms with Crippen molar-refractivity contribution in [2.75, 3.05) is 11.1 Å². The number of thiophene rings is 1. The number of anilines is 2. The van der Waals surface area contributed by atoms with E-state index in [9.17, 15) is 4.79 Å². The molecule has 1 aliphatic carbocycles. The van der Waals surface area contributed by atoms with Crippen LogP contribution in [0.2, 0.25) is 0 Å². The van der Waals surface area contributed by atoms with E-state index in [1.165, 1.54) is 29.1 Å². The number of fused-ring (bicyclic) bond motifs is 1. The van der Waals surface area contributed by atoms with Gasteiger partial charge in [0, 0.05) is 0 Å². The average molecular weight is 345 g/mol. The van der Waals surface area contributed by atoms with Crippen molar-refractivity contribution in [3.05, 3.63) is 26.7 Å². The first-order chi connectivity index (χ1) is 11.0. The zero-order valence-electron chi connectivity index (χ0n) is 12.7. The summed E-state index contributed by atoms with van der Waals surface area (Å²) in [6.07, 6.45) is 2.36. The SMILES string of the molecule is Cc1nc(N)c2c(C)c(C(=O)Nc3ncsc3C3CC3)sc2n1. The molecular formula is C15H15N5OS2. The van der Waals surface area contributed by atoms with Crippen LogP contribution in [0, 0.1) is 13.8 Å². The van der Waals surface area contributed by atoms with Gasteiger partial charge in [-0.3, -0.25) is 4.79 Å². The predicted octanol–water partition coefficient (Wildman–Crippen LogP) is 3.48. The summed E-state index contributed by atoms with van der Waals surface area (Å²) in [4.78, 5) is 28.1. The third-order valence-corrected chi connectivity index (χ3v) is 6.09. The fraction of sp³-hybridized carbons (Fsp3) is 0.333. The number of nitrogens with two attached hydrogens (primary N) is 1. The normalized spacial score (nSPS) is 14.3. The Kier molecular flexibility index (Phi) is 3.31. The smallest absolute Gasteiger partial charge is 0.267 e. The minimum absolute atomic E-state index is 0.157. The Morgan fingerprint density at radius 1 is 1.35 bits per heavy atom. The lowest BCUT2D eigenvalue weighted by Crippen LogP contribution is -2.12. The lowest BCUT2D eigenvalue weighted by molar-refractivity contribution is 0.102. The lowest BCUT2D eigenvalue weighted by atomic mass is 10.2. The summed E-state index contributed by atoms with van der Waals surface area (Å²) < 4.78 is 0. The summed E-state index contributed by atoms with van der Waals surface area (Å²) in [7, 11) is 0. The summed E-state index contributed by atoms with van der Waals surface area (Å²) in [5, 5.41) is 3.72. The maximum absolute atomic E-state index is 12.7. The molecule has 0 unspecified atom stereocenters. The Morgan fingerprint density at radius 2 is 2.13 bits per heavy atom. The lowest BCUT2D eigenvalue weighted by Gasteiger charge is -2.04. The van der Waals surface area contributed by atoms with Crippen molar-refractivity contribution in [2.45, 2.75) is 32.6 Å². The number of aromatic nitrogens is 3. The minimum Gasteiger partial charge on any atom is -0.383 e. The second-order valence-electron chi connectivity index (χ2n) is 5.69. The van der Waals surface area contributed by atoms with Gasteiger partial charge in [0.2, 0.25) is 0 Å². The Bertz CT molecular complexity index is 925. The number of rotatable bonds is 3. The zero-order valence-corrected chi connectivity index (χ0v) is 14.3. The van der Waals surface area contributed by atoms with Crippen LogP contribution in [0.5, 0.6) is 0 Å². The number of nitrogens with zero attached hydrogens (tertiary/aromatic N) is 3. The highest BCUT2D eigenvalue weighted by Gasteiger charge is 2.29. The van der Waals surface area contributed by atoms with Gasteiger partial charge >= 0.3 is 0 Å². The van der Waals surface area contributed by atoms with Gasteiger partial charge in [-0.2, -0.15) is 0 Å². The molecule has 3 heterocycles. The van der Waals surface area contributed by atoms with E-state index < -0.39 is 0 Å². The fourth-order valence-electron chi connectivity index (χ4n) is 2.65. The standard InChI is InChI=1S/C15H15N5OS2/c1-6-9-12(16)18-7(2)19-15(9)23-10(6)14(21)20-13-11(8-3-4-8)22-5-17-13/h5,8H,3-4H2,1-2H3,(H,20,21)(H2,16,18,19). The highest BCUT2D eigenvalue weighted by molar-refractivity contribution is 7.20. The predicted molar refractivity (Wildman–Crippen MR) is 93.3 cm³/mol. The van der Waals surface area contributed by atoms with Gasteiger partial charge in [0.1, 0.15) is 22.3 Å². The highest BCUT2D eigenvalue weighted by atomic mass is 32.1. The summed E-state index contributed by atoms with van der Waals surface area (Å²) in [6, 6.07) is 0. The van der Waals surface area contributed by atoms with Gasteiger partial charge < -0.3 is 11.1 Å². The van der Waals surface area contributed by atoms with Crippen molar-refractivity contribution in [3.8, 4) is 0 Å². The molecule has 0 bridgehead atoms. The van der Waals surface area contributed by atoms with Crippen molar-refractivity contribution in [2.24, 2.45) is 0 Å². The summed E-state index contributed by atoms with van der Waals surface area (Å²) in [6.45, 7) is 3.67. The molecule has 0 atom stereocenters. The Hall–Kier alpha value is -2.06. The van der Waals surface area contributed by atoms with E-state index in [-0.39, 0.29) is 5.91 Å². The van der Waals surface area contributed by atoms with Crippen LogP contribution in [-0.2, 0) is 0 Å². The van der Waals surface area contributed by atoms with E-state index in [0.29, 0.717) is 28.3 Å². The molecule has 1 saturated carbocycles. The van der Waals surface area contributed by atoms with Crippen LogP contribution >= 0.6 is 22.7 Å². The summed E-state index contributed by atoms with van der Waals surface area (Å²) >= 11 is 2.95. The monoisotopic (exact) mass is 345 g/mol. The first kappa shape index (κ1) is 14.5. The van der Waals surface area contributed by atoms with Gasteiger partial charge in [0.05, 0.1) is 20.7 Å². The van der Waals surface area contributed by atoms with Gasteiger partial charge in [-0.1, -0.05) is 0 Å². The minimum atomic E-state index is -0.157. The molecule has 23 heavy (non-hydrogen) atoms. The largest absolute Gasteiger partial charge is 0.383 e. The number of hydrogen-bond donors (Lipinski definition) is 2. The number of carbonyl (C=O) groups is 1. The quantitative estimate of drug-likeness (QED) is 0.758. The van der Waals surface area contributed by atoms with Gasteiger partial charge in [0.25, 0.3) is 5.91 Å². The molecule has 3 N–H and O–H groups in total. The van der Waals surface area contributed by atoms with E-state index in [0.717, 1.165) is 15.8 Å². The van der Waals surface area contributed by atoms with Gasteiger partial charge in [-0.25, -0.2) is 15.0 Å². The number of nitrogens with one attached hydrogen (secondary N) is 1. The van der Waals surface area contributed by atoms with E-state index in [2.05, 4.69) is 20.3 Å². The average Bonchev–Trinajstić information content (AvgIpc) is 3.14. The van der Waals surface area contributed by atoms with Crippen LogP contribution in [0.4, 0.5) is 11.6 Å². The van der Waals surface area contributed by atoms with Crippen LogP contribution < -0.4 is 11.1 Å². The van der Waals surface area contributed by atoms with Crippen LogP contribution in [0.25, 0.3) is 10.2 Å². The van der Waals surface area contributed by atoms with E-state index in [1.54, 1.807) is 23.8 Å². The van der Waals surface area contributed by atoms with Crippen LogP contribution in [0.3, 0.4) is 0 Å². The molecule has 1 amide bonds. The summed E-state index contributed by atoms with van der Waals surface area (Å²) in [5.41, 5.74) is 8.60. The molecule has 0 radical (unpaired) electrons.